The molecule has 1 unspecified atom stereocenters. The molecule has 0 bridgehead atoms. The van der Waals surface area contributed by atoms with Crippen LogP contribution in [0.1, 0.15) is 12.8 Å². The zero-order valence-corrected chi connectivity index (χ0v) is 17.7. The van der Waals surface area contributed by atoms with Crippen molar-refractivity contribution >= 4 is 37.1 Å². The number of piperazine rings is 1. The van der Waals surface area contributed by atoms with E-state index < -0.39 is 25.9 Å². The summed E-state index contributed by atoms with van der Waals surface area (Å²) in [6.07, 6.45) is 2.43. The standard InChI is InChI=1S/C16H25N3O5S3/c1-26(21,22)13-11-17-7-9-18(10-8-17)16(20)14-4-2-6-19(14)27(23,24)15-5-3-12-25-15/h3,5,12,14H,2,4,6-11,13H2,1H3. The van der Waals surface area contributed by atoms with Crippen LogP contribution < -0.4 is 0 Å². The molecule has 2 aliphatic rings. The lowest BCUT2D eigenvalue weighted by Gasteiger charge is -2.37. The third-order valence-corrected chi connectivity index (χ3v) is 9.21. The van der Waals surface area contributed by atoms with E-state index in [0.717, 1.165) is 11.3 Å². The fourth-order valence-corrected chi connectivity index (χ4v) is 6.86. The van der Waals surface area contributed by atoms with Gasteiger partial charge in [-0.2, -0.15) is 4.31 Å². The van der Waals surface area contributed by atoms with Gasteiger partial charge >= 0.3 is 0 Å². The fourth-order valence-electron chi connectivity index (χ4n) is 3.50. The van der Waals surface area contributed by atoms with Crippen LogP contribution in [0.4, 0.5) is 0 Å². The average Bonchev–Trinajstić information content (AvgIpc) is 3.31. The van der Waals surface area contributed by atoms with Gasteiger partial charge in [-0.25, -0.2) is 16.8 Å². The summed E-state index contributed by atoms with van der Waals surface area (Å²) in [5.74, 6) is -0.0356. The highest BCUT2D eigenvalue weighted by molar-refractivity contribution is 7.91. The SMILES string of the molecule is CS(=O)(=O)CCN1CCN(C(=O)C2CCCN2S(=O)(=O)c2cccs2)CC1. The van der Waals surface area contributed by atoms with Crippen molar-refractivity contribution in [2.75, 3.05) is 51.3 Å². The monoisotopic (exact) mass is 435 g/mol. The molecule has 0 N–H and O–H groups in total. The Morgan fingerprint density at radius 2 is 1.85 bits per heavy atom. The molecule has 0 spiro atoms. The molecular formula is C16H25N3O5S3. The number of carbonyl (C=O) groups excluding carboxylic acids is 1. The van der Waals surface area contributed by atoms with Gasteiger partial charge in [-0.15, -0.1) is 11.3 Å². The summed E-state index contributed by atoms with van der Waals surface area (Å²) in [7, 11) is -6.64. The van der Waals surface area contributed by atoms with Crippen LogP contribution in [0.25, 0.3) is 0 Å². The smallest absolute Gasteiger partial charge is 0.253 e. The molecule has 3 heterocycles. The largest absolute Gasteiger partial charge is 0.339 e. The summed E-state index contributed by atoms with van der Waals surface area (Å²) in [6.45, 7) is 3.02. The Labute approximate surface area is 164 Å². The Bertz CT molecular complexity index is 859. The number of sulfonamides is 1. The third kappa shape index (κ3) is 4.89. The van der Waals surface area contributed by atoms with Crippen LogP contribution in [0.2, 0.25) is 0 Å². The second-order valence-corrected chi connectivity index (χ2v) is 12.3. The maximum absolute atomic E-state index is 13.0. The number of hydrogen-bond acceptors (Lipinski definition) is 7. The average molecular weight is 436 g/mol. The molecular weight excluding hydrogens is 410 g/mol. The fraction of sp³-hybridized carbons (Fsp3) is 0.688. The van der Waals surface area contributed by atoms with Crippen molar-refractivity contribution in [3.05, 3.63) is 17.5 Å². The first kappa shape index (κ1) is 20.7. The first-order valence-corrected chi connectivity index (χ1v) is 13.3. The first-order valence-electron chi connectivity index (χ1n) is 8.93. The Morgan fingerprint density at radius 3 is 2.44 bits per heavy atom. The van der Waals surface area contributed by atoms with E-state index in [1.54, 1.807) is 22.4 Å². The van der Waals surface area contributed by atoms with Crippen LogP contribution in [0.5, 0.6) is 0 Å². The molecule has 2 saturated heterocycles. The summed E-state index contributed by atoms with van der Waals surface area (Å²) in [4.78, 5) is 16.7. The molecule has 0 saturated carbocycles. The first-order chi connectivity index (χ1) is 12.7. The molecule has 0 aliphatic carbocycles. The van der Waals surface area contributed by atoms with Crippen LogP contribution in [0, 0.1) is 0 Å². The van der Waals surface area contributed by atoms with Crippen molar-refractivity contribution in [3.8, 4) is 0 Å². The summed E-state index contributed by atoms with van der Waals surface area (Å²) in [5.41, 5.74) is 0. The second kappa shape index (κ2) is 8.16. The Balaban J connectivity index is 1.61. The molecule has 152 valence electrons. The number of amides is 1. The minimum Gasteiger partial charge on any atom is -0.339 e. The van der Waals surface area contributed by atoms with E-state index in [2.05, 4.69) is 0 Å². The lowest BCUT2D eigenvalue weighted by Crippen LogP contribution is -2.54. The minimum atomic E-state index is -3.64. The Hall–Kier alpha value is -1.01. The quantitative estimate of drug-likeness (QED) is 0.629. The van der Waals surface area contributed by atoms with Crippen LogP contribution in [0.3, 0.4) is 0 Å². The van der Waals surface area contributed by atoms with Gasteiger partial charge in [0.05, 0.1) is 5.75 Å². The second-order valence-electron chi connectivity index (χ2n) is 7.00. The molecule has 2 aliphatic heterocycles. The molecule has 3 rings (SSSR count). The van der Waals surface area contributed by atoms with Crippen molar-refractivity contribution in [3.63, 3.8) is 0 Å². The van der Waals surface area contributed by atoms with Gasteiger partial charge in [0.1, 0.15) is 20.1 Å². The highest BCUT2D eigenvalue weighted by atomic mass is 32.2. The van der Waals surface area contributed by atoms with Gasteiger partial charge in [0, 0.05) is 45.5 Å². The van der Waals surface area contributed by atoms with Crippen LogP contribution in [0.15, 0.2) is 21.7 Å². The molecule has 0 radical (unpaired) electrons. The van der Waals surface area contributed by atoms with Crippen LogP contribution >= 0.6 is 11.3 Å². The van der Waals surface area contributed by atoms with Crippen molar-refractivity contribution in [2.45, 2.75) is 23.1 Å². The highest BCUT2D eigenvalue weighted by Gasteiger charge is 2.41. The lowest BCUT2D eigenvalue weighted by atomic mass is 10.2. The predicted octanol–water partition coefficient (Wildman–Crippen LogP) is 0.0900. The van der Waals surface area contributed by atoms with E-state index in [-0.39, 0.29) is 15.9 Å². The van der Waals surface area contributed by atoms with Gasteiger partial charge in [0.25, 0.3) is 10.0 Å². The summed E-state index contributed by atoms with van der Waals surface area (Å²) in [5, 5.41) is 1.72. The van der Waals surface area contributed by atoms with Crippen molar-refractivity contribution < 1.29 is 21.6 Å². The number of hydrogen-bond donors (Lipinski definition) is 0. The number of carbonyl (C=O) groups is 1. The van der Waals surface area contributed by atoms with Gasteiger partial charge in [-0.3, -0.25) is 9.69 Å². The number of thiophene rings is 1. The lowest BCUT2D eigenvalue weighted by molar-refractivity contribution is -0.136. The summed E-state index contributed by atoms with van der Waals surface area (Å²) < 4.78 is 49.9. The summed E-state index contributed by atoms with van der Waals surface area (Å²) >= 11 is 1.16. The van der Waals surface area contributed by atoms with Gasteiger partial charge in [0.2, 0.25) is 5.91 Å². The molecule has 2 fully saturated rings. The van der Waals surface area contributed by atoms with E-state index in [4.69, 9.17) is 0 Å². The Kier molecular flexibility index (Phi) is 6.26. The molecule has 1 aromatic heterocycles. The molecule has 1 atom stereocenters. The van der Waals surface area contributed by atoms with E-state index in [0.29, 0.717) is 52.1 Å². The van der Waals surface area contributed by atoms with Gasteiger partial charge in [0.15, 0.2) is 0 Å². The maximum atomic E-state index is 13.0. The maximum Gasteiger partial charge on any atom is 0.253 e. The third-order valence-electron chi connectivity index (χ3n) is 5.01. The summed E-state index contributed by atoms with van der Waals surface area (Å²) in [6, 6.07) is 2.63. The molecule has 1 amide bonds. The molecule has 27 heavy (non-hydrogen) atoms. The van der Waals surface area contributed by atoms with Gasteiger partial charge in [-0.1, -0.05) is 6.07 Å². The van der Waals surface area contributed by atoms with Crippen LogP contribution in [-0.2, 0) is 24.7 Å². The van der Waals surface area contributed by atoms with E-state index in [1.807, 2.05) is 4.90 Å². The van der Waals surface area contributed by atoms with E-state index in [1.165, 1.54) is 10.6 Å². The molecule has 1 aromatic rings. The van der Waals surface area contributed by atoms with Gasteiger partial charge in [-0.05, 0) is 24.3 Å². The van der Waals surface area contributed by atoms with Crippen molar-refractivity contribution in [1.82, 2.24) is 14.1 Å². The number of sulfone groups is 1. The Morgan fingerprint density at radius 1 is 1.15 bits per heavy atom. The topological polar surface area (TPSA) is 95.1 Å². The van der Waals surface area contributed by atoms with Gasteiger partial charge < -0.3 is 4.90 Å². The van der Waals surface area contributed by atoms with Crippen LogP contribution in [-0.4, -0.2) is 94.2 Å². The highest BCUT2D eigenvalue weighted by Crippen LogP contribution is 2.29. The number of rotatable bonds is 6. The predicted molar refractivity (Wildman–Crippen MR) is 104 cm³/mol. The molecule has 0 aromatic carbocycles. The van der Waals surface area contributed by atoms with Crippen molar-refractivity contribution in [1.29, 1.82) is 0 Å². The molecule has 8 nitrogen and oxygen atoms in total. The van der Waals surface area contributed by atoms with Crippen molar-refractivity contribution in [2.24, 2.45) is 0 Å². The number of nitrogens with zero attached hydrogens (tertiary/aromatic N) is 3. The minimum absolute atomic E-state index is 0.108. The van der Waals surface area contributed by atoms with E-state index in [9.17, 15) is 21.6 Å². The normalized spacial score (nSPS) is 23.0. The van der Waals surface area contributed by atoms with E-state index >= 15 is 0 Å². The zero-order valence-electron chi connectivity index (χ0n) is 15.3. The zero-order chi connectivity index (χ0) is 19.7. The molecule has 11 heteroatoms.